The molecule has 0 amide bonds. The highest BCUT2D eigenvalue weighted by Gasteiger charge is 2.25. The Kier molecular flexibility index (Phi) is 6.91. The van der Waals surface area contributed by atoms with Crippen LogP contribution in [0.4, 0.5) is 5.82 Å². The van der Waals surface area contributed by atoms with Gasteiger partial charge in [-0.3, -0.25) is 4.90 Å². The summed E-state index contributed by atoms with van der Waals surface area (Å²) >= 11 is 1.90. The van der Waals surface area contributed by atoms with Crippen LogP contribution < -0.4 is 11.1 Å². The van der Waals surface area contributed by atoms with E-state index >= 15 is 0 Å². The van der Waals surface area contributed by atoms with Gasteiger partial charge in [0.1, 0.15) is 12.1 Å². The van der Waals surface area contributed by atoms with Crippen LogP contribution in [0.25, 0.3) is 0 Å². The number of hydrogen-bond acceptors (Lipinski definition) is 6. The van der Waals surface area contributed by atoms with Gasteiger partial charge in [0, 0.05) is 31.6 Å². The van der Waals surface area contributed by atoms with Gasteiger partial charge in [-0.25, -0.2) is 9.97 Å². The molecule has 2 rings (SSSR count). The van der Waals surface area contributed by atoms with Gasteiger partial charge in [-0.15, -0.1) is 0 Å². The van der Waals surface area contributed by atoms with Gasteiger partial charge in [0.15, 0.2) is 0 Å². The molecule has 1 fully saturated rings. The highest BCUT2D eigenvalue weighted by Crippen LogP contribution is 2.13. The van der Waals surface area contributed by atoms with E-state index in [2.05, 4.69) is 32.2 Å². The predicted octanol–water partition coefficient (Wildman–Crippen LogP) is 0.511. The van der Waals surface area contributed by atoms with Crippen molar-refractivity contribution in [2.45, 2.75) is 6.04 Å². The first-order valence-electron chi connectivity index (χ1n) is 5.70. The minimum absolute atomic E-state index is 0.557. The molecule has 1 aromatic heterocycles. The van der Waals surface area contributed by atoms with E-state index in [1.807, 2.05) is 17.8 Å². The molecule has 1 aliphatic heterocycles. The van der Waals surface area contributed by atoms with Crippen LogP contribution in [0.15, 0.2) is 18.6 Å². The minimum Gasteiger partial charge on any atom is -0.365 e. The van der Waals surface area contributed by atoms with Gasteiger partial charge >= 0.3 is 0 Å². The molecule has 0 saturated carbocycles. The normalized spacial score (nSPS) is 15.7. The topological polar surface area (TPSA) is 67.1 Å². The summed E-state index contributed by atoms with van der Waals surface area (Å²) in [5, 5.41) is 3.39. The Labute approximate surface area is 107 Å². The molecule has 1 saturated heterocycles. The number of likely N-dealkylation sites (tertiary alicyclic amines) is 1. The first kappa shape index (κ1) is 14.2. The second-order valence-corrected chi connectivity index (χ2v) is 4.67. The average Bonchev–Trinajstić information content (AvgIpc) is 2.36. The van der Waals surface area contributed by atoms with Crippen LogP contribution in [-0.2, 0) is 0 Å². The minimum atomic E-state index is 0.557. The third-order valence-corrected chi connectivity index (χ3v) is 3.09. The molecular weight excluding hydrogens is 234 g/mol. The fraction of sp³-hybridized carbons (Fsp3) is 0.636. The van der Waals surface area contributed by atoms with Gasteiger partial charge in [0.2, 0.25) is 0 Å². The molecule has 96 valence electrons. The van der Waals surface area contributed by atoms with Crippen LogP contribution in [0, 0.1) is 0 Å². The van der Waals surface area contributed by atoms with Crippen LogP contribution in [0.1, 0.15) is 0 Å². The maximum atomic E-state index is 4.50. The van der Waals surface area contributed by atoms with Crippen LogP contribution in [-0.4, -0.2) is 59.6 Å². The molecule has 0 unspecified atom stereocenters. The lowest BCUT2D eigenvalue weighted by molar-refractivity contribution is 0.173. The van der Waals surface area contributed by atoms with Crippen molar-refractivity contribution in [3.8, 4) is 0 Å². The van der Waals surface area contributed by atoms with E-state index in [9.17, 15) is 0 Å². The average molecular weight is 255 g/mol. The molecule has 0 bridgehead atoms. The Balaban J connectivity index is 0.000000686. The van der Waals surface area contributed by atoms with Crippen molar-refractivity contribution >= 4 is 17.6 Å². The smallest absolute Gasteiger partial charge is 0.129 e. The second kappa shape index (κ2) is 8.27. The summed E-state index contributed by atoms with van der Waals surface area (Å²) in [7, 11) is 1.50. The summed E-state index contributed by atoms with van der Waals surface area (Å²) in [6.07, 6.45) is 5.49. The Morgan fingerprint density at radius 1 is 1.53 bits per heavy atom. The SMILES string of the molecule is CN.CSCCN1CC(Nc2ccncn2)C1. The van der Waals surface area contributed by atoms with Crippen molar-refractivity contribution in [2.75, 3.05) is 44.0 Å². The number of anilines is 1. The van der Waals surface area contributed by atoms with E-state index in [1.54, 1.807) is 12.5 Å². The van der Waals surface area contributed by atoms with Crippen molar-refractivity contribution in [2.24, 2.45) is 5.73 Å². The first-order valence-corrected chi connectivity index (χ1v) is 7.09. The summed E-state index contributed by atoms with van der Waals surface area (Å²) in [6.45, 7) is 3.46. The van der Waals surface area contributed by atoms with Gasteiger partial charge in [0.25, 0.3) is 0 Å². The molecule has 6 heteroatoms. The fourth-order valence-corrected chi connectivity index (χ4v) is 2.09. The number of rotatable bonds is 5. The molecule has 0 atom stereocenters. The van der Waals surface area contributed by atoms with E-state index in [0.29, 0.717) is 6.04 Å². The Bertz CT molecular complexity index is 289. The van der Waals surface area contributed by atoms with E-state index in [-0.39, 0.29) is 0 Å². The third kappa shape index (κ3) is 4.89. The number of nitrogens with two attached hydrogens (primary N) is 1. The van der Waals surface area contributed by atoms with Crippen LogP contribution in [0.5, 0.6) is 0 Å². The van der Waals surface area contributed by atoms with Gasteiger partial charge < -0.3 is 11.1 Å². The molecule has 1 aliphatic rings. The predicted molar refractivity (Wildman–Crippen MR) is 74.4 cm³/mol. The first-order chi connectivity index (χ1) is 8.38. The molecule has 0 spiro atoms. The van der Waals surface area contributed by atoms with E-state index in [1.165, 1.54) is 19.3 Å². The van der Waals surface area contributed by atoms with Crippen LogP contribution >= 0.6 is 11.8 Å². The number of aromatic nitrogens is 2. The zero-order chi connectivity index (χ0) is 12.5. The van der Waals surface area contributed by atoms with E-state index in [4.69, 9.17) is 0 Å². The summed E-state index contributed by atoms with van der Waals surface area (Å²) in [5.41, 5.74) is 4.50. The highest BCUT2D eigenvalue weighted by molar-refractivity contribution is 7.98. The molecule has 17 heavy (non-hydrogen) atoms. The van der Waals surface area contributed by atoms with Crippen LogP contribution in [0.2, 0.25) is 0 Å². The van der Waals surface area contributed by atoms with Crippen molar-refractivity contribution in [3.63, 3.8) is 0 Å². The number of nitrogens with zero attached hydrogens (tertiary/aromatic N) is 3. The van der Waals surface area contributed by atoms with E-state index < -0.39 is 0 Å². The summed E-state index contributed by atoms with van der Waals surface area (Å²) < 4.78 is 0. The largest absolute Gasteiger partial charge is 0.365 e. The zero-order valence-corrected chi connectivity index (χ0v) is 11.3. The lowest BCUT2D eigenvalue weighted by atomic mass is 10.1. The summed E-state index contributed by atoms with van der Waals surface area (Å²) in [5.74, 6) is 2.15. The Hall–Kier alpha value is -0.850. The van der Waals surface area contributed by atoms with Crippen molar-refractivity contribution in [1.29, 1.82) is 0 Å². The molecule has 0 aliphatic carbocycles. The molecule has 3 N–H and O–H groups in total. The molecule has 0 radical (unpaired) electrons. The standard InChI is InChI=1S/C10H16N4S.CH5N/c1-15-5-4-14-6-9(7-14)13-10-2-3-11-8-12-10;1-2/h2-3,8-9H,4-7H2,1H3,(H,11,12,13);2H2,1H3. The van der Waals surface area contributed by atoms with Gasteiger partial charge in [-0.05, 0) is 19.4 Å². The molecule has 0 aromatic carbocycles. The van der Waals surface area contributed by atoms with E-state index in [0.717, 1.165) is 18.9 Å². The number of hydrogen-bond donors (Lipinski definition) is 2. The zero-order valence-electron chi connectivity index (χ0n) is 10.5. The molecule has 1 aromatic rings. The van der Waals surface area contributed by atoms with Crippen LogP contribution in [0.3, 0.4) is 0 Å². The van der Waals surface area contributed by atoms with Crippen molar-refractivity contribution in [3.05, 3.63) is 18.6 Å². The molecule has 5 nitrogen and oxygen atoms in total. The summed E-state index contributed by atoms with van der Waals surface area (Å²) in [4.78, 5) is 10.5. The van der Waals surface area contributed by atoms with Gasteiger partial charge in [0.05, 0.1) is 6.04 Å². The Morgan fingerprint density at radius 3 is 2.88 bits per heavy atom. The van der Waals surface area contributed by atoms with Crippen molar-refractivity contribution in [1.82, 2.24) is 14.9 Å². The second-order valence-electron chi connectivity index (χ2n) is 3.69. The monoisotopic (exact) mass is 255 g/mol. The number of nitrogens with one attached hydrogen (secondary N) is 1. The number of thioether (sulfide) groups is 1. The van der Waals surface area contributed by atoms with Gasteiger partial charge in [-0.1, -0.05) is 0 Å². The summed E-state index contributed by atoms with van der Waals surface area (Å²) in [6, 6.07) is 2.46. The fourth-order valence-electron chi connectivity index (χ4n) is 1.65. The molecular formula is C11H21N5S. The van der Waals surface area contributed by atoms with Crippen molar-refractivity contribution < 1.29 is 0 Å². The highest BCUT2D eigenvalue weighted by atomic mass is 32.2. The lowest BCUT2D eigenvalue weighted by Gasteiger charge is -2.39. The van der Waals surface area contributed by atoms with Gasteiger partial charge in [-0.2, -0.15) is 11.8 Å². The molecule has 2 heterocycles. The Morgan fingerprint density at radius 2 is 2.29 bits per heavy atom. The lowest BCUT2D eigenvalue weighted by Crippen LogP contribution is -2.55. The maximum Gasteiger partial charge on any atom is 0.129 e. The quantitative estimate of drug-likeness (QED) is 0.799. The third-order valence-electron chi connectivity index (χ3n) is 2.50. The maximum absolute atomic E-state index is 4.50.